The fourth-order valence-electron chi connectivity index (χ4n) is 2.44. The molecule has 0 saturated heterocycles. The van der Waals surface area contributed by atoms with Gasteiger partial charge >= 0.3 is 5.97 Å². The molecular weight excluding hydrogens is 332 g/mol. The average molecular weight is 342 g/mol. The summed E-state index contributed by atoms with van der Waals surface area (Å²) < 4.78 is 12.0. The molecule has 0 atom stereocenters. The van der Waals surface area contributed by atoms with Crippen LogP contribution in [0.5, 0.6) is 0 Å². The first-order valence-corrected chi connectivity index (χ1v) is 7.84. The lowest BCUT2D eigenvalue weighted by molar-refractivity contribution is 0.0660. The number of furan rings is 2. The van der Waals surface area contributed by atoms with E-state index in [1.807, 2.05) is 5.38 Å². The van der Waals surface area contributed by atoms with Gasteiger partial charge < -0.3 is 13.9 Å². The van der Waals surface area contributed by atoms with Crippen molar-refractivity contribution in [2.75, 3.05) is 0 Å². The standard InChI is InChI=1S/C16H10N2O5S/c19-15-13-10(11-2-1-5-22-11)7-24-14(13)17-8-18(15)6-9-3-4-12(23-9)16(20)21/h1-5,7-8H,6H2,(H,20,21). The Bertz CT molecular complexity index is 1090. The SMILES string of the molecule is O=C(O)c1ccc(Cn2cnc3scc(-c4ccco4)c3c2=O)o1. The Kier molecular flexibility index (Phi) is 3.31. The van der Waals surface area contributed by atoms with E-state index in [9.17, 15) is 9.59 Å². The van der Waals surface area contributed by atoms with Crippen molar-refractivity contribution >= 4 is 27.5 Å². The minimum absolute atomic E-state index is 0.0997. The van der Waals surface area contributed by atoms with Gasteiger partial charge in [-0.2, -0.15) is 0 Å². The molecule has 24 heavy (non-hydrogen) atoms. The molecule has 7 nitrogen and oxygen atoms in total. The molecule has 4 aromatic rings. The van der Waals surface area contributed by atoms with Gasteiger partial charge in [0.1, 0.15) is 16.4 Å². The number of hydrogen-bond donors (Lipinski definition) is 1. The quantitative estimate of drug-likeness (QED) is 0.612. The summed E-state index contributed by atoms with van der Waals surface area (Å²) in [5, 5.41) is 11.2. The number of thiophene rings is 1. The van der Waals surface area contributed by atoms with Crippen LogP contribution in [0.4, 0.5) is 0 Å². The molecule has 0 unspecified atom stereocenters. The predicted molar refractivity (Wildman–Crippen MR) is 86.4 cm³/mol. The molecule has 0 saturated carbocycles. The molecule has 4 aromatic heterocycles. The second-order valence-electron chi connectivity index (χ2n) is 5.06. The van der Waals surface area contributed by atoms with E-state index in [0.29, 0.717) is 27.3 Å². The molecule has 0 bridgehead atoms. The molecule has 0 aliphatic heterocycles. The van der Waals surface area contributed by atoms with E-state index in [-0.39, 0.29) is 17.9 Å². The van der Waals surface area contributed by atoms with Crippen molar-refractivity contribution in [1.82, 2.24) is 9.55 Å². The Labute approximate surface area is 138 Å². The lowest BCUT2D eigenvalue weighted by Gasteiger charge is -2.03. The maximum Gasteiger partial charge on any atom is 0.371 e. The molecule has 4 heterocycles. The van der Waals surface area contributed by atoms with Gasteiger partial charge in [0, 0.05) is 10.9 Å². The first-order chi connectivity index (χ1) is 11.6. The number of carbonyl (C=O) groups is 1. The number of carboxylic acids is 1. The van der Waals surface area contributed by atoms with E-state index in [0.717, 1.165) is 0 Å². The number of aromatic nitrogens is 2. The van der Waals surface area contributed by atoms with Crippen molar-refractivity contribution in [2.45, 2.75) is 6.54 Å². The lowest BCUT2D eigenvalue weighted by atomic mass is 10.2. The average Bonchev–Trinajstić information content (AvgIpc) is 3.29. The molecule has 0 fully saturated rings. The van der Waals surface area contributed by atoms with Gasteiger partial charge in [-0.3, -0.25) is 9.36 Å². The van der Waals surface area contributed by atoms with Gasteiger partial charge in [0.2, 0.25) is 5.76 Å². The summed E-state index contributed by atoms with van der Waals surface area (Å²) in [5.41, 5.74) is 0.457. The van der Waals surface area contributed by atoms with Gasteiger partial charge in [-0.1, -0.05) is 0 Å². The van der Waals surface area contributed by atoms with Gasteiger partial charge in [0.05, 0.1) is 24.5 Å². The smallest absolute Gasteiger partial charge is 0.371 e. The molecule has 0 aliphatic rings. The van der Waals surface area contributed by atoms with Crippen LogP contribution in [0.25, 0.3) is 21.5 Å². The zero-order chi connectivity index (χ0) is 16.7. The number of carboxylic acid groups (broad SMARTS) is 1. The first kappa shape index (κ1) is 14.5. The Morgan fingerprint density at radius 2 is 2.21 bits per heavy atom. The van der Waals surface area contributed by atoms with Crippen LogP contribution >= 0.6 is 11.3 Å². The Hall–Kier alpha value is -3.13. The summed E-state index contributed by atoms with van der Waals surface area (Å²) >= 11 is 1.36. The van der Waals surface area contributed by atoms with Crippen molar-refractivity contribution in [2.24, 2.45) is 0 Å². The van der Waals surface area contributed by atoms with E-state index >= 15 is 0 Å². The minimum atomic E-state index is -1.15. The summed E-state index contributed by atoms with van der Waals surface area (Å²) in [5.74, 6) is -0.353. The molecule has 0 spiro atoms. The summed E-state index contributed by atoms with van der Waals surface area (Å²) in [7, 11) is 0. The van der Waals surface area contributed by atoms with Gasteiger partial charge in [-0.15, -0.1) is 11.3 Å². The molecule has 4 rings (SSSR count). The summed E-state index contributed by atoms with van der Waals surface area (Å²) in [6, 6.07) is 6.42. The largest absolute Gasteiger partial charge is 0.475 e. The van der Waals surface area contributed by atoms with Crippen molar-refractivity contribution in [1.29, 1.82) is 0 Å². The van der Waals surface area contributed by atoms with Crippen LogP contribution in [0.2, 0.25) is 0 Å². The third-order valence-electron chi connectivity index (χ3n) is 3.55. The van der Waals surface area contributed by atoms with Crippen LogP contribution in [-0.2, 0) is 6.54 Å². The monoisotopic (exact) mass is 342 g/mol. The highest BCUT2D eigenvalue weighted by atomic mass is 32.1. The second kappa shape index (κ2) is 5.50. The number of fused-ring (bicyclic) bond motifs is 1. The van der Waals surface area contributed by atoms with Crippen LogP contribution in [-0.4, -0.2) is 20.6 Å². The van der Waals surface area contributed by atoms with Gasteiger partial charge in [0.15, 0.2) is 0 Å². The summed E-state index contributed by atoms with van der Waals surface area (Å²) in [6.07, 6.45) is 2.97. The molecule has 8 heteroatoms. The highest BCUT2D eigenvalue weighted by Gasteiger charge is 2.16. The lowest BCUT2D eigenvalue weighted by Crippen LogP contribution is -2.20. The van der Waals surface area contributed by atoms with Crippen molar-refractivity contribution in [3.8, 4) is 11.3 Å². The summed E-state index contributed by atoms with van der Waals surface area (Å²) in [4.78, 5) is 28.6. The van der Waals surface area contributed by atoms with Crippen LogP contribution in [0.15, 0.2) is 55.9 Å². The van der Waals surface area contributed by atoms with Crippen LogP contribution < -0.4 is 5.56 Å². The van der Waals surface area contributed by atoms with E-state index in [2.05, 4.69) is 4.98 Å². The van der Waals surface area contributed by atoms with Gasteiger partial charge in [0.25, 0.3) is 5.56 Å². The molecule has 0 aromatic carbocycles. The van der Waals surface area contributed by atoms with Crippen LogP contribution in [0.1, 0.15) is 16.3 Å². The first-order valence-electron chi connectivity index (χ1n) is 6.96. The van der Waals surface area contributed by atoms with E-state index < -0.39 is 5.97 Å². The Morgan fingerprint density at radius 1 is 1.33 bits per heavy atom. The molecule has 120 valence electrons. The second-order valence-corrected chi connectivity index (χ2v) is 5.91. The zero-order valence-corrected chi connectivity index (χ0v) is 12.9. The number of nitrogens with zero attached hydrogens (tertiary/aromatic N) is 2. The number of rotatable bonds is 4. The van der Waals surface area contributed by atoms with Crippen LogP contribution in [0, 0.1) is 0 Å². The van der Waals surface area contributed by atoms with Crippen molar-refractivity contribution in [3.05, 3.63) is 64.1 Å². The molecular formula is C16H10N2O5S. The van der Waals surface area contributed by atoms with E-state index in [1.54, 1.807) is 18.4 Å². The van der Waals surface area contributed by atoms with Crippen LogP contribution in [0.3, 0.4) is 0 Å². The third-order valence-corrected chi connectivity index (χ3v) is 4.43. The fraction of sp³-hybridized carbons (Fsp3) is 0.0625. The molecule has 1 N–H and O–H groups in total. The van der Waals surface area contributed by atoms with Crippen molar-refractivity contribution < 1.29 is 18.7 Å². The zero-order valence-electron chi connectivity index (χ0n) is 12.1. The Balaban J connectivity index is 1.79. The molecule has 0 amide bonds. The molecule has 0 aliphatic carbocycles. The maximum absolute atomic E-state index is 12.8. The topological polar surface area (TPSA) is 98.5 Å². The third kappa shape index (κ3) is 2.33. The predicted octanol–water partition coefficient (Wildman–Crippen LogP) is 3.06. The van der Waals surface area contributed by atoms with Gasteiger partial charge in [-0.05, 0) is 24.3 Å². The van der Waals surface area contributed by atoms with Gasteiger partial charge in [-0.25, -0.2) is 9.78 Å². The highest BCUT2D eigenvalue weighted by Crippen LogP contribution is 2.30. The fourth-order valence-corrected chi connectivity index (χ4v) is 3.33. The normalized spacial score (nSPS) is 11.2. The molecule has 0 radical (unpaired) electrons. The number of hydrogen-bond acceptors (Lipinski definition) is 6. The highest BCUT2D eigenvalue weighted by molar-refractivity contribution is 7.17. The number of aromatic carboxylic acids is 1. The minimum Gasteiger partial charge on any atom is -0.475 e. The van der Waals surface area contributed by atoms with E-state index in [4.69, 9.17) is 13.9 Å². The van der Waals surface area contributed by atoms with Crippen molar-refractivity contribution in [3.63, 3.8) is 0 Å². The summed E-state index contributed by atoms with van der Waals surface area (Å²) in [6.45, 7) is 0.0997. The van der Waals surface area contributed by atoms with E-state index in [1.165, 1.54) is 34.4 Å². The Morgan fingerprint density at radius 3 is 2.92 bits per heavy atom. The maximum atomic E-state index is 12.8.